The molecule has 0 atom stereocenters. The molecule has 96 valence electrons. The number of piperidine rings is 1. The van der Waals surface area contributed by atoms with E-state index >= 15 is 0 Å². The van der Waals surface area contributed by atoms with Crippen LogP contribution in [0.5, 0.6) is 0 Å². The molecule has 0 radical (unpaired) electrons. The third-order valence-electron chi connectivity index (χ3n) is 3.46. The summed E-state index contributed by atoms with van der Waals surface area (Å²) in [5, 5.41) is 6.55. The molecule has 2 aromatic rings. The van der Waals surface area contributed by atoms with Crippen LogP contribution in [0.3, 0.4) is 0 Å². The number of aromatic nitrogens is 2. The van der Waals surface area contributed by atoms with Gasteiger partial charge in [-0.1, -0.05) is 6.07 Å². The minimum absolute atomic E-state index is 0.566. The molecule has 0 unspecified atom stereocenters. The van der Waals surface area contributed by atoms with E-state index in [0.29, 0.717) is 6.04 Å². The van der Waals surface area contributed by atoms with Gasteiger partial charge in [0.05, 0.1) is 16.7 Å². The van der Waals surface area contributed by atoms with Crippen LogP contribution in [0.1, 0.15) is 23.8 Å². The first-order valence-corrected chi connectivity index (χ1v) is 7.93. The first-order valence-electron chi connectivity index (χ1n) is 6.25. The summed E-state index contributed by atoms with van der Waals surface area (Å²) in [4.78, 5) is 4.01. The molecule has 1 saturated heterocycles. The molecule has 3 rings (SSSR count). The molecule has 0 aromatic carbocycles. The lowest BCUT2D eigenvalue weighted by molar-refractivity contribution is 0.174. The normalized spacial score (nSPS) is 18.3. The Morgan fingerprint density at radius 2 is 2.22 bits per heavy atom. The maximum atomic E-state index is 4.39. The van der Waals surface area contributed by atoms with Gasteiger partial charge in [-0.3, -0.25) is 9.58 Å². The van der Waals surface area contributed by atoms with Crippen LogP contribution < -0.4 is 0 Å². The molecule has 0 amide bonds. The van der Waals surface area contributed by atoms with E-state index in [1.165, 1.54) is 30.8 Å². The number of thiophene rings is 1. The zero-order chi connectivity index (χ0) is 12.4. The van der Waals surface area contributed by atoms with Crippen LogP contribution in [0.25, 0.3) is 0 Å². The molecular weight excluding hydrogens is 310 g/mol. The Balaban J connectivity index is 1.55. The van der Waals surface area contributed by atoms with Gasteiger partial charge in [0.15, 0.2) is 0 Å². The van der Waals surface area contributed by atoms with Gasteiger partial charge in [0.25, 0.3) is 0 Å². The topological polar surface area (TPSA) is 21.1 Å². The number of hydrogen-bond donors (Lipinski definition) is 0. The SMILES string of the molecule is Brc1cnn(C2CCN(Cc3cccs3)CC2)c1. The van der Waals surface area contributed by atoms with Crippen molar-refractivity contribution in [3.8, 4) is 0 Å². The fourth-order valence-corrected chi connectivity index (χ4v) is 3.53. The van der Waals surface area contributed by atoms with Crippen LogP contribution in [-0.4, -0.2) is 27.8 Å². The van der Waals surface area contributed by atoms with Gasteiger partial charge in [-0.2, -0.15) is 5.10 Å². The summed E-state index contributed by atoms with van der Waals surface area (Å²) in [6.07, 6.45) is 6.34. The Bertz CT molecular complexity index is 486. The molecule has 0 saturated carbocycles. The smallest absolute Gasteiger partial charge is 0.0632 e. The van der Waals surface area contributed by atoms with E-state index in [9.17, 15) is 0 Å². The Morgan fingerprint density at radius 3 is 2.83 bits per heavy atom. The largest absolute Gasteiger partial charge is 0.298 e. The van der Waals surface area contributed by atoms with Gasteiger partial charge < -0.3 is 0 Å². The molecule has 5 heteroatoms. The van der Waals surface area contributed by atoms with Crippen LogP contribution in [0.2, 0.25) is 0 Å². The van der Waals surface area contributed by atoms with Crippen molar-refractivity contribution in [2.24, 2.45) is 0 Å². The lowest BCUT2D eigenvalue weighted by Gasteiger charge is -2.31. The lowest BCUT2D eigenvalue weighted by atomic mass is 10.1. The van der Waals surface area contributed by atoms with Crippen LogP contribution in [0.4, 0.5) is 0 Å². The zero-order valence-electron chi connectivity index (χ0n) is 10.1. The van der Waals surface area contributed by atoms with Crippen molar-refractivity contribution < 1.29 is 0 Å². The van der Waals surface area contributed by atoms with Gasteiger partial charge in [0, 0.05) is 30.7 Å². The fraction of sp³-hybridized carbons (Fsp3) is 0.462. The standard InChI is InChI=1S/C13H16BrN3S/c14-11-8-15-17(9-11)12-3-5-16(6-4-12)10-13-2-1-7-18-13/h1-2,7-9,12H,3-6,10H2. The van der Waals surface area contributed by atoms with Gasteiger partial charge in [0.2, 0.25) is 0 Å². The highest BCUT2D eigenvalue weighted by molar-refractivity contribution is 9.10. The summed E-state index contributed by atoms with van der Waals surface area (Å²) in [5.41, 5.74) is 0. The molecule has 1 fully saturated rings. The first-order chi connectivity index (χ1) is 8.81. The van der Waals surface area contributed by atoms with Crippen LogP contribution in [0, 0.1) is 0 Å². The summed E-state index contributed by atoms with van der Waals surface area (Å²) in [6, 6.07) is 4.92. The predicted molar refractivity (Wildman–Crippen MR) is 77.8 cm³/mol. The van der Waals surface area contributed by atoms with Crippen LogP contribution >= 0.6 is 27.3 Å². The minimum Gasteiger partial charge on any atom is -0.298 e. The Labute approximate surface area is 120 Å². The van der Waals surface area contributed by atoms with Gasteiger partial charge in [-0.15, -0.1) is 11.3 Å². The Hall–Kier alpha value is -0.650. The second-order valence-corrected chi connectivity index (χ2v) is 6.67. The van der Waals surface area contributed by atoms with Crippen molar-refractivity contribution in [1.29, 1.82) is 0 Å². The molecule has 0 bridgehead atoms. The number of rotatable bonds is 3. The summed E-state index contributed by atoms with van der Waals surface area (Å²) in [6.45, 7) is 3.44. The van der Waals surface area contributed by atoms with E-state index in [2.05, 4.69) is 54.3 Å². The van der Waals surface area contributed by atoms with Crippen LogP contribution in [0.15, 0.2) is 34.4 Å². The second kappa shape index (κ2) is 5.55. The highest BCUT2D eigenvalue weighted by atomic mass is 79.9. The van der Waals surface area contributed by atoms with Crippen molar-refractivity contribution in [1.82, 2.24) is 14.7 Å². The Morgan fingerprint density at radius 1 is 1.39 bits per heavy atom. The average Bonchev–Trinajstić information content (AvgIpc) is 3.02. The minimum atomic E-state index is 0.566. The maximum Gasteiger partial charge on any atom is 0.0632 e. The van der Waals surface area contributed by atoms with Crippen molar-refractivity contribution in [2.45, 2.75) is 25.4 Å². The molecule has 1 aliphatic rings. The van der Waals surface area contributed by atoms with Gasteiger partial charge in [-0.05, 0) is 40.2 Å². The molecule has 18 heavy (non-hydrogen) atoms. The summed E-state index contributed by atoms with van der Waals surface area (Å²) in [5.74, 6) is 0. The predicted octanol–water partition coefficient (Wildman–Crippen LogP) is 3.54. The van der Waals surface area contributed by atoms with E-state index in [-0.39, 0.29) is 0 Å². The maximum absolute atomic E-state index is 4.39. The molecule has 0 aliphatic carbocycles. The average molecular weight is 326 g/mol. The first kappa shape index (κ1) is 12.4. The number of nitrogens with zero attached hydrogens (tertiary/aromatic N) is 3. The molecule has 2 aromatic heterocycles. The van der Waals surface area contributed by atoms with Crippen molar-refractivity contribution in [2.75, 3.05) is 13.1 Å². The van der Waals surface area contributed by atoms with Gasteiger partial charge in [-0.25, -0.2) is 0 Å². The fourth-order valence-electron chi connectivity index (χ4n) is 2.48. The highest BCUT2D eigenvalue weighted by Gasteiger charge is 2.21. The monoisotopic (exact) mass is 325 g/mol. The summed E-state index contributed by atoms with van der Waals surface area (Å²) in [7, 11) is 0. The van der Waals surface area contributed by atoms with E-state index in [4.69, 9.17) is 0 Å². The quantitative estimate of drug-likeness (QED) is 0.860. The van der Waals surface area contributed by atoms with E-state index in [1.54, 1.807) is 0 Å². The molecule has 1 aliphatic heterocycles. The summed E-state index contributed by atoms with van der Waals surface area (Å²) < 4.78 is 3.18. The molecular formula is C13H16BrN3S. The van der Waals surface area contributed by atoms with Crippen molar-refractivity contribution in [3.63, 3.8) is 0 Å². The lowest BCUT2D eigenvalue weighted by Crippen LogP contribution is -2.34. The number of halogens is 1. The van der Waals surface area contributed by atoms with Crippen molar-refractivity contribution >= 4 is 27.3 Å². The second-order valence-electron chi connectivity index (χ2n) is 4.73. The highest BCUT2D eigenvalue weighted by Crippen LogP contribution is 2.24. The van der Waals surface area contributed by atoms with Gasteiger partial charge >= 0.3 is 0 Å². The van der Waals surface area contributed by atoms with Crippen LogP contribution in [-0.2, 0) is 6.54 Å². The molecule has 0 N–H and O–H groups in total. The third-order valence-corrected chi connectivity index (χ3v) is 4.73. The van der Waals surface area contributed by atoms with Crippen molar-refractivity contribution in [3.05, 3.63) is 39.3 Å². The van der Waals surface area contributed by atoms with Gasteiger partial charge in [0.1, 0.15) is 0 Å². The van der Waals surface area contributed by atoms with E-state index < -0.39 is 0 Å². The zero-order valence-corrected chi connectivity index (χ0v) is 12.5. The Kier molecular flexibility index (Phi) is 3.82. The van der Waals surface area contributed by atoms with E-state index in [1.807, 2.05) is 17.5 Å². The third kappa shape index (κ3) is 2.84. The molecule has 3 heterocycles. The number of hydrogen-bond acceptors (Lipinski definition) is 3. The summed E-state index contributed by atoms with van der Waals surface area (Å²) >= 11 is 5.31. The molecule has 0 spiro atoms. The van der Waals surface area contributed by atoms with E-state index in [0.717, 1.165) is 11.0 Å². The molecule has 3 nitrogen and oxygen atoms in total. The number of likely N-dealkylation sites (tertiary alicyclic amines) is 1.